The van der Waals surface area contributed by atoms with Crippen LogP contribution in [-0.4, -0.2) is 15.8 Å². The molecule has 4 nitrogen and oxygen atoms in total. The Balaban J connectivity index is 2.41. The molecule has 0 saturated heterocycles. The first-order valence-corrected chi connectivity index (χ1v) is 7.88. The second-order valence-corrected chi connectivity index (χ2v) is 6.04. The molecule has 2 rings (SSSR count). The fourth-order valence-electron chi connectivity index (χ4n) is 1.95. The molecule has 0 amide bonds. The Hall–Kier alpha value is -1.46. The van der Waals surface area contributed by atoms with Gasteiger partial charge in [-0.05, 0) is 23.9 Å². The van der Waals surface area contributed by atoms with Crippen LogP contribution in [-0.2, 0) is 13.1 Å². The van der Waals surface area contributed by atoms with Crippen molar-refractivity contribution in [3.63, 3.8) is 0 Å². The molecule has 0 aliphatic rings. The van der Waals surface area contributed by atoms with E-state index in [4.69, 9.17) is 0 Å². The number of rotatable bonds is 6. The van der Waals surface area contributed by atoms with Gasteiger partial charge in [0.05, 0.1) is 4.88 Å². The molecule has 0 unspecified atom stereocenters. The number of aryl methyl sites for hydroxylation is 1. The Morgan fingerprint density at radius 1 is 1.45 bits per heavy atom. The Kier molecular flexibility index (Phi) is 5.09. The van der Waals surface area contributed by atoms with Gasteiger partial charge >= 0.3 is 0 Å². The van der Waals surface area contributed by atoms with Crippen LogP contribution >= 0.6 is 11.3 Å². The summed E-state index contributed by atoms with van der Waals surface area (Å²) in [4.78, 5) is 13.5. The van der Waals surface area contributed by atoms with Crippen LogP contribution in [0.25, 0.3) is 10.6 Å². The lowest BCUT2D eigenvalue weighted by atomic mass is 10.2. The van der Waals surface area contributed by atoms with E-state index in [-0.39, 0.29) is 5.56 Å². The van der Waals surface area contributed by atoms with Crippen LogP contribution in [0.3, 0.4) is 0 Å². The van der Waals surface area contributed by atoms with Crippen molar-refractivity contribution in [3.05, 3.63) is 39.5 Å². The first kappa shape index (κ1) is 14.9. The standard InChI is InChI=1S/C15H21N3OS/c1-4-7-18-15(19)12(10-16-11(2)3)9-13(17-18)14-6-5-8-20-14/h5-6,8-9,11,16H,4,7,10H2,1-3H3. The highest BCUT2D eigenvalue weighted by molar-refractivity contribution is 7.13. The van der Waals surface area contributed by atoms with Crippen molar-refractivity contribution in [2.75, 3.05) is 0 Å². The van der Waals surface area contributed by atoms with Gasteiger partial charge in [-0.2, -0.15) is 5.10 Å². The first-order valence-electron chi connectivity index (χ1n) is 7.00. The molecule has 2 heterocycles. The van der Waals surface area contributed by atoms with Crippen molar-refractivity contribution in [1.82, 2.24) is 15.1 Å². The smallest absolute Gasteiger partial charge is 0.271 e. The maximum atomic E-state index is 12.4. The molecule has 0 fully saturated rings. The van der Waals surface area contributed by atoms with Crippen molar-refractivity contribution in [3.8, 4) is 10.6 Å². The summed E-state index contributed by atoms with van der Waals surface area (Å²) in [5.41, 5.74) is 1.68. The van der Waals surface area contributed by atoms with Gasteiger partial charge in [0.1, 0.15) is 5.69 Å². The molecule has 0 aliphatic heterocycles. The zero-order valence-corrected chi connectivity index (χ0v) is 13.0. The van der Waals surface area contributed by atoms with E-state index in [0.717, 1.165) is 22.6 Å². The minimum absolute atomic E-state index is 0.0142. The molecule has 5 heteroatoms. The molecule has 2 aromatic heterocycles. The normalized spacial score (nSPS) is 11.2. The third-order valence-electron chi connectivity index (χ3n) is 2.96. The van der Waals surface area contributed by atoms with Crippen molar-refractivity contribution >= 4 is 11.3 Å². The molecule has 0 bridgehead atoms. The van der Waals surface area contributed by atoms with Crippen LogP contribution in [0, 0.1) is 0 Å². The molecular formula is C15H21N3OS. The van der Waals surface area contributed by atoms with Crippen LogP contribution in [0.2, 0.25) is 0 Å². The van der Waals surface area contributed by atoms with Crippen LogP contribution in [0.1, 0.15) is 32.8 Å². The summed E-state index contributed by atoms with van der Waals surface area (Å²) in [5, 5.41) is 9.81. The first-order chi connectivity index (χ1) is 9.61. The van der Waals surface area contributed by atoms with Gasteiger partial charge in [-0.25, -0.2) is 4.68 Å². The van der Waals surface area contributed by atoms with Gasteiger partial charge in [0, 0.05) is 24.7 Å². The van der Waals surface area contributed by atoms with Gasteiger partial charge in [0.15, 0.2) is 0 Å². The number of thiophene rings is 1. The lowest BCUT2D eigenvalue weighted by Gasteiger charge is -2.11. The molecule has 0 radical (unpaired) electrons. The van der Waals surface area contributed by atoms with E-state index in [1.54, 1.807) is 16.0 Å². The molecule has 108 valence electrons. The lowest BCUT2D eigenvalue weighted by Crippen LogP contribution is -2.31. The Labute approximate surface area is 123 Å². The summed E-state index contributed by atoms with van der Waals surface area (Å²) < 4.78 is 1.59. The van der Waals surface area contributed by atoms with E-state index in [1.807, 2.05) is 23.6 Å². The maximum Gasteiger partial charge on any atom is 0.271 e. The summed E-state index contributed by atoms with van der Waals surface area (Å²) in [5.74, 6) is 0. The summed E-state index contributed by atoms with van der Waals surface area (Å²) in [6, 6.07) is 6.30. The highest BCUT2D eigenvalue weighted by Crippen LogP contribution is 2.22. The van der Waals surface area contributed by atoms with E-state index in [1.165, 1.54) is 0 Å². The molecule has 2 aromatic rings. The van der Waals surface area contributed by atoms with Crippen LogP contribution in [0.15, 0.2) is 28.4 Å². The van der Waals surface area contributed by atoms with E-state index >= 15 is 0 Å². The van der Waals surface area contributed by atoms with E-state index < -0.39 is 0 Å². The van der Waals surface area contributed by atoms with Gasteiger partial charge in [0.2, 0.25) is 0 Å². The average Bonchev–Trinajstić information content (AvgIpc) is 2.93. The fraction of sp³-hybridized carbons (Fsp3) is 0.467. The monoisotopic (exact) mass is 291 g/mol. The number of hydrogen-bond donors (Lipinski definition) is 1. The van der Waals surface area contributed by atoms with Crippen LogP contribution in [0.4, 0.5) is 0 Å². The number of hydrogen-bond acceptors (Lipinski definition) is 4. The highest BCUT2D eigenvalue weighted by atomic mass is 32.1. The predicted molar refractivity (Wildman–Crippen MR) is 84.1 cm³/mol. The summed E-state index contributed by atoms with van der Waals surface area (Å²) in [6.07, 6.45) is 0.901. The van der Waals surface area contributed by atoms with Gasteiger partial charge in [0.25, 0.3) is 5.56 Å². The second-order valence-electron chi connectivity index (χ2n) is 5.10. The summed E-state index contributed by atoms with van der Waals surface area (Å²) in [7, 11) is 0. The predicted octanol–water partition coefficient (Wildman–Crippen LogP) is 2.88. The fourth-order valence-corrected chi connectivity index (χ4v) is 2.63. The topological polar surface area (TPSA) is 46.9 Å². The summed E-state index contributed by atoms with van der Waals surface area (Å²) in [6.45, 7) is 7.45. The molecule has 0 aliphatic carbocycles. The minimum atomic E-state index is 0.0142. The molecule has 1 N–H and O–H groups in total. The third kappa shape index (κ3) is 3.55. The molecule has 0 atom stereocenters. The Morgan fingerprint density at radius 3 is 2.85 bits per heavy atom. The number of aromatic nitrogens is 2. The number of nitrogens with zero attached hydrogens (tertiary/aromatic N) is 2. The van der Waals surface area contributed by atoms with E-state index in [2.05, 4.69) is 31.2 Å². The molecule has 20 heavy (non-hydrogen) atoms. The maximum absolute atomic E-state index is 12.4. The highest BCUT2D eigenvalue weighted by Gasteiger charge is 2.10. The third-order valence-corrected chi connectivity index (χ3v) is 3.85. The van der Waals surface area contributed by atoms with Crippen LogP contribution < -0.4 is 10.9 Å². The van der Waals surface area contributed by atoms with Crippen LogP contribution in [0.5, 0.6) is 0 Å². The van der Waals surface area contributed by atoms with Gasteiger partial charge in [-0.15, -0.1) is 11.3 Å². The van der Waals surface area contributed by atoms with Gasteiger partial charge in [-0.3, -0.25) is 4.79 Å². The quantitative estimate of drug-likeness (QED) is 0.890. The van der Waals surface area contributed by atoms with E-state index in [0.29, 0.717) is 19.1 Å². The molecular weight excluding hydrogens is 270 g/mol. The molecule has 0 saturated carbocycles. The SMILES string of the molecule is CCCn1nc(-c2cccs2)cc(CNC(C)C)c1=O. The lowest BCUT2D eigenvalue weighted by molar-refractivity contribution is 0.545. The Bertz CT molecular complexity index is 602. The second kappa shape index (κ2) is 6.81. The van der Waals surface area contributed by atoms with Gasteiger partial charge in [-0.1, -0.05) is 26.8 Å². The largest absolute Gasteiger partial charge is 0.310 e. The van der Waals surface area contributed by atoms with Crippen molar-refractivity contribution in [1.29, 1.82) is 0 Å². The minimum Gasteiger partial charge on any atom is -0.310 e. The zero-order chi connectivity index (χ0) is 14.5. The molecule has 0 spiro atoms. The average molecular weight is 291 g/mol. The Morgan fingerprint density at radius 2 is 2.25 bits per heavy atom. The molecule has 0 aromatic carbocycles. The van der Waals surface area contributed by atoms with Crippen molar-refractivity contribution in [2.45, 2.75) is 46.3 Å². The van der Waals surface area contributed by atoms with Crippen molar-refractivity contribution in [2.24, 2.45) is 0 Å². The number of nitrogens with one attached hydrogen (secondary N) is 1. The van der Waals surface area contributed by atoms with E-state index in [9.17, 15) is 4.79 Å². The van der Waals surface area contributed by atoms with Crippen molar-refractivity contribution < 1.29 is 0 Å². The zero-order valence-electron chi connectivity index (χ0n) is 12.2. The van der Waals surface area contributed by atoms with Gasteiger partial charge < -0.3 is 5.32 Å². The summed E-state index contributed by atoms with van der Waals surface area (Å²) >= 11 is 1.64.